The summed E-state index contributed by atoms with van der Waals surface area (Å²) < 4.78 is 56.1. The van der Waals surface area contributed by atoms with Gasteiger partial charge in [-0.1, -0.05) is 18.2 Å². The van der Waals surface area contributed by atoms with Crippen molar-refractivity contribution in [1.29, 1.82) is 0 Å². The van der Waals surface area contributed by atoms with Crippen LogP contribution < -0.4 is 24.8 Å². The second-order valence-corrected chi connectivity index (χ2v) is 7.02. The molecule has 3 N–H and O–H groups in total. The van der Waals surface area contributed by atoms with Gasteiger partial charge in [0.05, 0.1) is 13.2 Å². The van der Waals surface area contributed by atoms with E-state index in [0.29, 0.717) is 11.5 Å². The van der Waals surface area contributed by atoms with E-state index >= 15 is 0 Å². The van der Waals surface area contributed by atoms with Crippen molar-refractivity contribution in [3.05, 3.63) is 53.6 Å². The minimum Gasteiger partial charge on any atom is -0.497 e. The number of rotatable bonds is 4. The minimum atomic E-state index is -5.27. The number of urea groups is 1. The Kier molecular flexibility index (Phi) is 4.92. The Hall–Kier alpha value is -3.47. The summed E-state index contributed by atoms with van der Waals surface area (Å²) in [5.74, 6) is -3.36. The van der Waals surface area contributed by atoms with Gasteiger partial charge >= 0.3 is 12.2 Å². The molecule has 0 aromatic heterocycles. The maximum absolute atomic E-state index is 13.6. The Morgan fingerprint density at radius 1 is 1.16 bits per heavy atom. The van der Waals surface area contributed by atoms with Crippen molar-refractivity contribution >= 4 is 11.8 Å². The average Bonchev–Trinajstić information content (AvgIpc) is 3.20. The molecule has 0 unspecified atom stereocenters. The smallest absolute Gasteiger partial charge is 0.450 e. The van der Waals surface area contributed by atoms with Crippen molar-refractivity contribution < 1.29 is 42.1 Å². The van der Waals surface area contributed by atoms with E-state index in [4.69, 9.17) is 14.2 Å². The normalized spacial score (nSPS) is 24.9. The number of ether oxygens (including phenoxy) is 3. The second kappa shape index (κ2) is 7.34. The first-order chi connectivity index (χ1) is 14.6. The molecule has 0 spiro atoms. The molecule has 4 rings (SSSR count). The van der Waals surface area contributed by atoms with E-state index in [-0.39, 0.29) is 23.7 Å². The van der Waals surface area contributed by atoms with Crippen LogP contribution in [0.15, 0.2) is 42.5 Å². The number of halogens is 3. The van der Waals surface area contributed by atoms with Gasteiger partial charge in [0.25, 0.3) is 0 Å². The first-order valence-corrected chi connectivity index (χ1v) is 9.09. The SMILES string of the molecule is COc1ccc([C@]2(O)NC(=O)N[C@H](c3ccc4c(c3)OCO4)[C@H]2C(=O)C(F)(F)F)cc1. The molecule has 1 saturated heterocycles. The number of carbonyl (C=O) groups is 2. The highest BCUT2D eigenvalue weighted by Gasteiger charge is 2.59. The van der Waals surface area contributed by atoms with E-state index < -0.39 is 35.7 Å². The number of hydrogen-bond donors (Lipinski definition) is 3. The summed E-state index contributed by atoms with van der Waals surface area (Å²) in [4.78, 5) is 24.9. The summed E-state index contributed by atoms with van der Waals surface area (Å²) in [5.41, 5.74) is -2.63. The molecule has 164 valence electrons. The summed E-state index contributed by atoms with van der Waals surface area (Å²) in [6, 6.07) is 7.09. The van der Waals surface area contributed by atoms with Crippen LogP contribution in [0.3, 0.4) is 0 Å². The Bertz CT molecular complexity index is 1030. The van der Waals surface area contributed by atoms with Crippen LogP contribution in [0.5, 0.6) is 17.2 Å². The zero-order chi connectivity index (χ0) is 22.4. The molecule has 1 fully saturated rings. The molecule has 3 atom stereocenters. The number of fused-ring (bicyclic) bond motifs is 1. The quantitative estimate of drug-likeness (QED) is 0.677. The second-order valence-electron chi connectivity index (χ2n) is 7.02. The first-order valence-electron chi connectivity index (χ1n) is 9.09. The highest BCUT2D eigenvalue weighted by atomic mass is 19.4. The van der Waals surface area contributed by atoms with Crippen molar-refractivity contribution in [3.63, 3.8) is 0 Å². The lowest BCUT2D eigenvalue weighted by molar-refractivity contribution is -0.190. The van der Waals surface area contributed by atoms with Gasteiger partial charge in [-0.15, -0.1) is 0 Å². The molecular formula is C20H17F3N2O6. The van der Waals surface area contributed by atoms with Crippen molar-refractivity contribution in [1.82, 2.24) is 10.6 Å². The summed E-state index contributed by atoms with van der Waals surface area (Å²) in [6.45, 7) is -0.0714. The maximum Gasteiger partial charge on any atom is 0.450 e. The number of nitrogens with one attached hydrogen (secondary N) is 2. The van der Waals surface area contributed by atoms with Gasteiger partial charge in [0, 0.05) is 5.56 Å². The Morgan fingerprint density at radius 3 is 2.48 bits per heavy atom. The Morgan fingerprint density at radius 2 is 1.84 bits per heavy atom. The third-order valence-electron chi connectivity index (χ3n) is 5.22. The predicted molar refractivity (Wildman–Crippen MR) is 98.4 cm³/mol. The topological polar surface area (TPSA) is 106 Å². The van der Waals surface area contributed by atoms with Gasteiger partial charge in [0.1, 0.15) is 11.7 Å². The van der Waals surface area contributed by atoms with Crippen LogP contribution in [0.2, 0.25) is 0 Å². The molecule has 0 saturated carbocycles. The van der Waals surface area contributed by atoms with Gasteiger partial charge in [-0.3, -0.25) is 4.79 Å². The van der Waals surface area contributed by atoms with Gasteiger partial charge in [0.15, 0.2) is 17.2 Å². The largest absolute Gasteiger partial charge is 0.497 e. The highest BCUT2D eigenvalue weighted by Crippen LogP contribution is 2.45. The average molecular weight is 438 g/mol. The van der Waals surface area contributed by atoms with Crippen LogP contribution in [-0.4, -0.2) is 37.0 Å². The number of Topliss-reactive ketones (excluding diaryl/α,β-unsaturated/α-hetero) is 1. The molecule has 11 heteroatoms. The Labute approximate surface area is 173 Å². The zero-order valence-electron chi connectivity index (χ0n) is 16.0. The van der Waals surface area contributed by atoms with E-state index in [1.54, 1.807) is 0 Å². The van der Waals surface area contributed by atoms with Crippen molar-refractivity contribution in [2.45, 2.75) is 17.9 Å². The molecule has 2 amide bonds. The summed E-state index contributed by atoms with van der Waals surface area (Å²) >= 11 is 0. The number of hydrogen-bond acceptors (Lipinski definition) is 6. The molecule has 2 aliphatic heterocycles. The molecule has 2 aliphatic rings. The van der Waals surface area contributed by atoms with Gasteiger partial charge in [-0.05, 0) is 29.8 Å². The third kappa shape index (κ3) is 3.61. The van der Waals surface area contributed by atoms with E-state index in [0.717, 1.165) is 0 Å². The van der Waals surface area contributed by atoms with Gasteiger partial charge < -0.3 is 30.0 Å². The van der Waals surface area contributed by atoms with Crippen molar-refractivity contribution in [2.24, 2.45) is 5.92 Å². The fraction of sp³-hybridized carbons (Fsp3) is 0.300. The van der Waals surface area contributed by atoms with E-state index in [1.165, 1.54) is 49.6 Å². The van der Waals surface area contributed by atoms with Crippen molar-refractivity contribution in [2.75, 3.05) is 13.9 Å². The number of benzene rings is 2. The molecule has 0 bridgehead atoms. The number of alkyl halides is 3. The lowest BCUT2D eigenvalue weighted by atomic mass is 9.76. The zero-order valence-corrected chi connectivity index (χ0v) is 16.0. The van der Waals surface area contributed by atoms with Crippen LogP contribution in [0.1, 0.15) is 17.2 Å². The van der Waals surface area contributed by atoms with E-state index in [2.05, 4.69) is 10.6 Å². The summed E-state index contributed by atoms with van der Waals surface area (Å²) in [6.07, 6.45) is -5.27. The van der Waals surface area contributed by atoms with Crippen LogP contribution >= 0.6 is 0 Å². The molecule has 8 nitrogen and oxygen atoms in total. The molecule has 2 aromatic carbocycles. The lowest BCUT2D eigenvalue weighted by Gasteiger charge is -2.45. The number of amides is 2. The molecule has 2 aromatic rings. The number of ketones is 1. The molecular weight excluding hydrogens is 421 g/mol. The van der Waals surface area contributed by atoms with Gasteiger partial charge in [0.2, 0.25) is 12.6 Å². The van der Waals surface area contributed by atoms with Crippen molar-refractivity contribution in [3.8, 4) is 17.2 Å². The molecule has 2 heterocycles. The van der Waals surface area contributed by atoms with Crippen LogP contribution in [-0.2, 0) is 10.5 Å². The van der Waals surface area contributed by atoms with Gasteiger partial charge in [-0.2, -0.15) is 13.2 Å². The maximum atomic E-state index is 13.6. The number of methoxy groups -OCH3 is 1. The van der Waals surface area contributed by atoms with Crippen LogP contribution in [0.4, 0.5) is 18.0 Å². The minimum absolute atomic E-state index is 0.0714. The molecule has 0 aliphatic carbocycles. The predicted octanol–water partition coefficient (Wildman–Crippen LogP) is 2.37. The fourth-order valence-electron chi connectivity index (χ4n) is 3.75. The summed E-state index contributed by atoms with van der Waals surface area (Å²) in [5, 5.41) is 15.7. The third-order valence-corrected chi connectivity index (χ3v) is 5.22. The fourth-order valence-corrected chi connectivity index (χ4v) is 3.75. The Balaban J connectivity index is 1.84. The standard InChI is InChI=1S/C20H17F3N2O6/c1-29-12-5-3-11(4-6-12)19(28)15(17(26)20(21,22)23)16(24-18(27)25-19)10-2-7-13-14(8-10)31-9-30-13/h2-8,15-16,28H,9H2,1H3,(H2,24,25,27)/t15-,16+,19+/m0/s1. The highest BCUT2D eigenvalue weighted by molar-refractivity contribution is 5.91. The molecule has 31 heavy (non-hydrogen) atoms. The lowest BCUT2D eigenvalue weighted by Crippen LogP contribution is -2.66. The first kappa shape index (κ1) is 20.8. The number of aliphatic hydroxyl groups is 1. The summed E-state index contributed by atoms with van der Waals surface area (Å²) in [7, 11) is 1.39. The van der Waals surface area contributed by atoms with Crippen LogP contribution in [0, 0.1) is 5.92 Å². The van der Waals surface area contributed by atoms with E-state index in [1.807, 2.05) is 0 Å². The van der Waals surface area contributed by atoms with Gasteiger partial charge in [-0.25, -0.2) is 4.79 Å². The van der Waals surface area contributed by atoms with Crippen LogP contribution in [0.25, 0.3) is 0 Å². The number of carbonyl (C=O) groups excluding carboxylic acids is 2. The van der Waals surface area contributed by atoms with E-state index in [9.17, 15) is 27.9 Å². The monoisotopic (exact) mass is 438 g/mol. The molecule has 0 radical (unpaired) electrons.